The molecule has 156 valence electrons. The zero-order valence-electron chi connectivity index (χ0n) is 17.3. The van der Waals surface area contributed by atoms with Crippen molar-refractivity contribution >= 4 is 40.1 Å². The van der Waals surface area contributed by atoms with E-state index >= 15 is 0 Å². The first-order valence-electron chi connectivity index (χ1n) is 10.1. The fraction of sp³-hybridized carbons (Fsp3) is 0.318. The number of hydrogen-bond acceptors (Lipinski definition) is 4. The van der Waals surface area contributed by atoms with Crippen LogP contribution in [0.25, 0.3) is 22.4 Å². The van der Waals surface area contributed by atoms with Crippen molar-refractivity contribution in [1.82, 2.24) is 24.3 Å². The van der Waals surface area contributed by atoms with E-state index in [1.165, 1.54) is 0 Å². The second-order valence-corrected chi connectivity index (χ2v) is 7.78. The molecule has 0 N–H and O–H groups in total. The average Bonchev–Trinajstić information content (AvgIpc) is 3.37. The number of imidazole rings is 1. The Hall–Kier alpha value is -2.57. The van der Waals surface area contributed by atoms with Gasteiger partial charge in [-0.3, -0.25) is 4.68 Å². The number of halogens is 2. The first-order chi connectivity index (χ1) is 14.5. The van der Waals surface area contributed by atoms with E-state index in [9.17, 15) is 0 Å². The van der Waals surface area contributed by atoms with Gasteiger partial charge in [-0.2, -0.15) is 5.10 Å². The molecule has 0 aliphatic carbocycles. The quantitative estimate of drug-likeness (QED) is 0.378. The molecule has 0 spiro atoms. The fourth-order valence-corrected chi connectivity index (χ4v) is 3.95. The lowest BCUT2D eigenvalue weighted by atomic mass is 10.2. The molecule has 0 radical (unpaired) electrons. The summed E-state index contributed by atoms with van der Waals surface area (Å²) in [6, 6.07) is 9.87. The molecule has 4 aromatic rings. The molecule has 30 heavy (non-hydrogen) atoms. The lowest BCUT2D eigenvalue weighted by molar-refractivity contribution is 0.639. The van der Waals surface area contributed by atoms with E-state index in [1.54, 1.807) is 6.07 Å². The van der Waals surface area contributed by atoms with Gasteiger partial charge in [0.05, 0.1) is 27.8 Å². The maximum Gasteiger partial charge on any atom is 0.143 e. The molecule has 0 saturated heterocycles. The molecule has 0 atom stereocenters. The van der Waals surface area contributed by atoms with Crippen LogP contribution in [0, 0.1) is 0 Å². The maximum atomic E-state index is 6.48. The van der Waals surface area contributed by atoms with Crippen LogP contribution in [0.2, 0.25) is 10.0 Å². The number of nitrogens with zero attached hydrogens (tertiary/aromatic N) is 6. The summed E-state index contributed by atoms with van der Waals surface area (Å²) in [6.45, 7) is 9.55. The second-order valence-electron chi connectivity index (χ2n) is 6.99. The van der Waals surface area contributed by atoms with Gasteiger partial charge in [0.1, 0.15) is 17.2 Å². The fourth-order valence-electron chi connectivity index (χ4n) is 3.59. The predicted molar refractivity (Wildman–Crippen MR) is 124 cm³/mol. The van der Waals surface area contributed by atoms with Crippen LogP contribution in [0.3, 0.4) is 0 Å². The Morgan fingerprint density at radius 3 is 2.43 bits per heavy atom. The van der Waals surface area contributed by atoms with Gasteiger partial charge >= 0.3 is 0 Å². The number of hydrogen-bond donors (Lipinski definition) is 0. The maximum absolute atomic E-state index is 6.48. The highest BCUT2D eigenvalue weighted by Crippen LogP contribution is 2.34. The monoisotopic (exact) mass is 442 g/mol. The highest BCUT2D eigenvalue weighted by atomic mass is 35.5. The first kappa shape index (κ1) is 20.7. The van der Waals surface area contributed by atoms with E-state index in [0.29, 0.717) is 22.1 Å². The Labute approximate surface area is 186 Å². The van der Waals surface area contributed by atoms with Crippen molar-refractivity contribution < 1.29 is 0 Å². The average molecular weight is 443 g/mol. The van der Waals surface area contributed by atoms with E-state index in [-0.39, 0.29) is 0 Å². The normalized spacial score (nSPS) is 11.4. The van der Waals surface area contributed by atoms with E-state index in [0.717, 1.165) is 48.1 Å². The molecule has 4 rings (SSSR count). The molecule has 8 heteroatoms. The molecule has 0 bridgehead atoms. The van der Waals surface area contributed by atoms with E-state index in [1.807, 2.05) is 35.3 Å². The zero-order valence-corrected chi connectivity index (χ0v) is 18.8. The third-order valence-electron chi connectivity index (χ3n) is 5.25. The third kappa shape index (κ3) is 3.77. The smallest absolute Gasteiger partial charge is 0.143 e. The van der Waals surface area contributed by atoms with Crippen LogP contribution in [0.5, 0.6) is 0 Å². The molecule has 0 aliphatic heterocycles. The van der Waals surface area contributed by atoms with Gasteiger partial charge in [-0.05, 0) is 51.1 Å². The predicted octanol–water partition coefficient (Wildman–Crippen LogP) is 5.52. The molecule has 0 aliphatic rings. The third-order valence-corrected chi connectivity index (χ3v) is 6.04. The van der Waals surface area contributed by atoms with Crippen LogP contribution in [0.15, 0.2) is 42.7 Å². The number of pyridine rings is 1. The van der Waals surface area contributed by atoms with E-state index in [2.05, 4.69) is 46.4 Å². The highest BCUT2D eigenvalue weighted by molar-refractivity contribution is 6.45. The number of fused-ring (bicyclic) bond motifs is 1. The van der Waals surface area contributed by atoms with Crippen molar-refractivity contribution in [2.45, 2.75) is 33.9 Å². The topological polar surface area (TPSA) is 51.8 Å². The summed E-state index contributed by atoms with van der Waals surface area (Å²) in [7, 11) is 0. The lowest BCUT2D eigenvalue weighted by Crippen LogP contribution is -2.22. The molecule has 3 heterocycles. The number of rotatable bonds is 7. The molecule has 6 nitrogen and oxygen atoms in total. The molecule has 0 amide bonds. The van der Waals surface area contributed by atoms with Gasteiger partial charge in [0.25, 0.3) is 0 Å². The van der Waals surface area contributed by atoms with E-state index < -0.39 is 0 Å². The Bertz CT molecular complexity index is 1160. The summed E-state index contributed by atoms with van der Waals surface area (Å²) < 4.78 is 4.03. The van der Waals surface area contributed by atoms with Gasteiger partial charge < -0.3 is 9.47 Å². The molecule has 3 aromatic heterocycles. The Balaban J connectivity index is 1.82. The SMILES string of the molecule is CCN(CC)c1ccc(-c2nc3c(Cl)c(Cl)ccc3n2Cc2ccn(CC)n2)cn1. The van der Waals surface area contributed by atoms with Crippen molar-refractivity contribution in [2.75, 3.05) is 18.0 Å². The van der Waals surface area contributed by atoms with Crippen LogP contribution < -0.4 is 4.90 Å². The number of aromatic nitrogens is 5. The van der Waals surface area contributed by atoms with Crippen LogP contribution in [0.4, 0.5) is 5.82 Å². The van der Waals surface area contributed by atoms with Crippen LogP contribution in [-0.2, 0) is 13.1 Å². The minimum Gasteiger partial charge on any atom is -0.357 e. The number of aryl methyl sites for hydroxylation is 1. The Morgan fingerprint density at radius 2 is 1.80 bits per heavy atom. The highest BCUT2D eigenvalue weighted by Gasteiger charge is 2.18. The first-order valence-corrected chi connectivity index (χ1v) is 10.9. The van der Waals surface area contributed by atoms with Gasteiger partial charge in [-0.15, -0.1) is 0 Å². The summed E-state index contributed by atoms with van der Waals surface area (Å²) >= 11 is 12.7. The van der Waals surface area contributed by atoms with Crippen molar-refractivity contribution in [2.24, 2.45) is 0 Å². The van der Waals surface area contributed by atoms with Gasteiger partial charge in [0.2, 0.25) is 0 Å². The number of anilines is 1. The summed E-state index contributed by atoms with van der Waals surface area (Å²) in [6.07, 6.45) is 3.85. The lowest BCUT2D eigenvalue weighted by Gasteiger charge is -2.19. The molecule has 0 unspecified atom stereocenters. The second kappa shape index (κ2) is 8.66. The summed E-state index contributed by atoms with van der Waals surface area (Å²) in [5.41, 5.74) is 3.47. The molecule has 1 aromatic carbocycles. The van der Waals surface area contributed by atoms with Gasteiger partial charge in [-0.25, -0.2) is 9.97 Å². The van der Waals surface area contributed by atoms with Crippen molar-refractivity contribution in [1.29, 1.82) is 0 Å². The Morgan fingerprint density at radius 1 is 1.00 bits per heavy atom. The largest absolute Gasteiger partial charge is 0.357 e. The van der Waals surface area contributed by atoms with Crippen LogP contribution >= 0.6 is 23.2 Å². The minimum atomic E-state index is 0.459. The van der Waals surface area contributed by atoms with Gasteiger partial charge in [0, 0.05) is 37.6 Å². The number of benzene rings is 1. The molecular weight excluding hydrogens is 419 g/mol. The van der Waals surface area contributed by atoms with Gasteiger partial charge in [0.15, 0.2) is 0 Å². The zero-order chi connectivity index (χ0) is 21.3. The minimum absolute atomic E-state index is 0.459. The summed E-state index contributed by atoms with van der Waals surface area (Å²) in [4.78, 5) is 11.7. The summed E-state index contributed by atoms with van der Waals surface area (Å²) in [5.74, 6) is 1.74. The van der Waals surface area contributed by atoms with Crippen molar-refractivity contribution in [3.63, 3.8) is 0 Å². The Kier molecular flexibility index (Phi) is 5.97. The standard InChI is InChI=1S/C22H24Cl2N6/c1-4-28(5-2)19-10-7-15(13-25-19)22-26-21-18(9-8-17(23)20(21)24)30(22)14-16-11-12-29(6-3)27-16/h7-13H,4-6,14H2,1-3H3. The van der Waals surface area contributed by atoms with Crippen LogP contribution in [-0.4, -0.2) is 37.4 Å². The van der Waals surface area contributed by atoms with Crippen molar-refractivity contribution in [3.05, 3.63) is 58.5 Å². The molecule has 0 saturated carbocycles. The van der Waals surface area contributed by atoms with E-state index in [4.69, 9.17) is 28.2 Å². The van der Waals surface area contributed by atoms with Gasteiger partial charge in [-0.1, -0.05) is 23.2 Å². The molecule has 0 fully saturated rings. The van der Waals surface area contributed by atoms with Crippen molar-refractivity contribution in [3.8, 4) is 11.4 Å². The molecular formula is C22H24Cl2N6. The van der Waals surface area contributed by atoms with Crippen LogP contribution in [0.1, 0.15) is 26.5 Å². The summed E-state index contributed by atoms with van der Waals surface area (Å²) in [5, 5.41) is 5.58.